The number of alkyl halides is 3. The van der Waals surface area contributed by atoms with Gasteiger partial charge >= 0.3 is 6.18 Å². The summed E-state index contributed by atoms with van der Waals surface area (Å²) in [5.41, 5.74) is 1.21. The van der Waals surface area contributed by atoms with Crippen LogP contribution in [-0.4, -0.2) is 16.9 Å². The van der Waals surface area contributed by atoms with E-state index in [1.54, 1.807) is 12.1 Å². The highest BCUT2D eigenvalue weighted by molar-refractivity contribution is 6.08. The van der Waals surface area contributed by atoms with Gasteiger partial charge in [0, 0.05) is 29.1 Å². The fourth-order valence-corrected chi connectivity index (χ4v) is 1.82. The van der Waals surface area contributed by atoms with Crippen molar-refractivity contribution in [3.63, 3.8) is 0 Å². The third-order valence-corrected chi connectivity index (χ3v) is 2.75. The van der Waals surface area contributed by atoms with E-state index < -0.39 is 24.8 Å². The molecule has 0 saturated heterocycles. The first kappa shape index (κ1) is 13.1. The smallest absolute Gasteiger partial charge is 0.360 e. The van der Waals surface area contributed by atoms with Crippen LogP contribution in [0.5, 0.6) is 0 Å². The van der Waals surface area contributed by atoms with E-state index in [1.807, 2.05) is 6.07 Å². The Morgan fingerprint density at radius 3 is 2.74 bits per heavy atom. The van der Waals surface area contributed by atoms with Gasteiger partial charge in [0.15, 0.2) is 5.78 Å². The standard InChI is InChI=1S/C13H9F3N2O/c14-13(15,16)4-3-12(19)10-7-18-11-5-8(6-17)1-2-9(10)11/h1-2,5,7,18H,3-4H2. The van der Waals surface area contributed by atoms with Crippen molar-refractivity contribution < 1.29 is 18.0 Å². The van der Waals surface area contributed by atoms with Crippen molar-refractivity contribution in [1.82, 2.24) is 4.98 Å². The lowest BCUT2D eigenvalue weighted by atomic mass is 10.0. The Labute approximate surface area is 106 Å². The molecular formula is C13H9F3N2O. The number of aromatic amines is 1. The minimum atomic E-state index is -4.34. The first-order valence-corrected chi connectivity index (χ1v) is 5.52. The summed E-state index contributed by atoms with van der Waals surface area (Å²) in [6.07, 6.45) is -4.66. The topological polar surface area (TPSA) is 56.6 Å². The summed E-state index contributed by atoms with van der Waals surface area (Å²) < 4.78 is 36.2. The molecule has 0 atom stereocenters. The minimum Gasteiger partial charge on any atom is -0.360 e. The molecule has 98 valence electrons. The van der Waals surface area contributed by atoms with E-state index in [0.29, 0.717) is 16.5 Å². The Morgan fingerprint density at radius 2 is 2.11 bits per heavy atom. The molecule has 0 amide bonds. The third-order valence-electron chi connectivity index (χ3n) is 2.75. The van der Waals surface area contributed by atoms with Gasteiger partial charge in [0.25, 0.3) is 0 Å². The number of nitrogens with one attached hydrogen (secondary N) is 1. The number of benzene rings is 1. The number of rotatable bonds is 3. The van der Waals surface area contributed by atoms with Crippen LogP contribution in [0.1, 0.15) is 28.8 Å². The molecule has 2 aromatic rings. The van der Waals surface area contributed by atoms with Gasteiger partial charge in [0.2, 0.25) is 0 Å². The second-order valence-corrected chi connectivity index (χ2v) is 4.11. The number of ketones is 1. The van der Waals surface area contributed by atoms with Gasteiger partial charge in [-0.2, -0.15) is 18.4 Å². The van der Waals surface area contributed by atoms with E-state index in [9.17, 15) is 18.0 Å². The summed E-state index contributed by atoms with van der Waals surface area (Å²) in [5.74, 6) is -0.562. The number of fused-ring (bicyclic) bond motifs is 1. The van der Waals surface area contributed by atoms with Crippen molar-refractivity contribution in [3.05, 3.63) is 35.5 Å². The van der Waals surface area contributed by atoms with E-state index >= 15 is 0 Å². The zero-order chi connectivity index (χ0) is 14.0. The molecule has 1 aromatic heterocycles. The maximum atomic E-state index is 12.1. The molecule has 0 radical (unpaired) electrons. The lowest BCUT2D eigenvalue weighted by molar-refractivity contribution is -0.133. The second-order valence-electron chi connectivity index (χ2n) is 4.11. The lowest BCUT2D eigenvalue weighted by Crippen LogP contribution is -2.10. The Kier molecular flexibility index (Phi) is 3.30. The third kappa shape index (κ3) is 2.94. The Bertz CT molecular complexity index is 665. The molecule has 1 heterocycles. The molecule has 0 aliphatic carbocycles. The van der Waals surface area contributed by atoms with Crippen LogP contribution >= 0.6 is 0 Å². The maximum absolute atomic E-state index is 12.1. The van der Waals surface area contributed by atoms with E-state index in [-0.39, 0.29) is 5.56 Å². The van der Waals surface area contributed by atoms with Gasteiger partial charge < -0.3 is 4.98 Å². The lowest BCUT2D eigenvalue weighted by Gasteiger charge is -2.04. The van der Waals surface area contributed by atoms with Gasteiger partial charge in [-0.3, -0.25) is 4.79 Å². The number of hydrogen-bond acceptors (Lipinski definition) is 2. The molecule has 0 saturated carbocycles. The van der Waals surface area contributed by atoms with Gasteiger partial charge in [0.05, 0.1) is 18.1 Å². The molecule has 0 spiro atoms. The molecule has 0 aliphatic heterocycles. The molecule has 19 heavy (non-hydrogen) atoms. The van der Waals surface area contributed by atoms with Gasteiger partial charge in [-0.1, -0.05) is 6.07 Å². The number of carbonyl (C=O) groups excluding carboxylic acids is 1. The highest BCUT2D eigenvalue weighted by Crippen LogP contribution is 2.25. The number of H-pyrrole nitrogens is 1. The molecule has 0 aliphatic rings. The Morgan fingerprint density at radius 1 is 1.37 bits per heavy atom. The molecule has 6 heteroatoms. The summed E-state index contributed by atoms with van der Waals surface area (Å²) in [6, 6.07) is 6.59. The summed E-state index contributed by atoms with van der Waals surface area (Å²) in [6.45, 7) is 0. The zero-order valence-corrected chi connectivity index (χ0v) is 9.71. The van der Waals surface area contributed by atoms with Crippen LogP contribution in [0.3, 0.4) is 0 Å². The Hall–Kier alpha value is -2.29. The zero-order valence-electron chi connectivity index (χ0n) is 9.71. The molecule has 0 fully saturated rings. The molecule has 3 nitrogen and oxygen atoms in total. The fourth-order valence-electron chi connectivity index (χ4n) is 1.82. The van der Waals surface area contributed by atoms with Crippen molar-refractivity contribution in [2.75, 3.05) is 0 Å². The number of aromatic nitrogens is 1. The van der Waals surface area contributed by atoms with Crippen molar-refractivity contribution in [1.29, 1.82) is 5.26 Å². The molecule has 2 rings (SSSR count). The largest absolute Gasteiger partial charge is 0.389 e. The normalized spacial score (nSPS) is 11.5. The van der Waals surface area contributed by atoms with Crippen LogP contribution in [0.25, 0.3) is 10.9 Å². The molecule has 1 N–H and O–H groups in total. The van der Waals surface area contributed by atoms with Crippen molar-refractivity contribution in [3.8, 4) is 6.07 Å². The van der Waals surface area contributed by atoms with Gasteiger partial charge in [-0.05, 0) is 12.1 Å². The van der Waals surface area contributed by atoms with Gasteiger partial charge in [-0.25, -0.2) is 0 Å². The molecule has 0 unspecified atom stereocenters. The fraction of sp³-hybridized carbons (Fsp3) is 0.231. The highest BCUT2D eigenvalue weighted by Gasteiger charge is 2.28. The van der Waals surface area contributed by atoms with Gasteiger partial charge in [0.1, 0.15) is 0 Å². The summed E-state index contributed by atoms with van der Waals surface area (Å²) in [7, 11) is 0. The highest BCUT2D eigenvalue weighted by atomic mass is 19.4. The molecule has 1 aromatic carbocycles. The molecular weight excluding hydrogens is 257 g/mol. The average Bonchev–Trinajstić information content (AvgIpc) is 2.77. The van der Waals surface area contributed by atoms with Crippen LogP contribution in [0, 0.1) is 11.3 Å². The number of nitriles is 1. The number of hydrogen-bond donors (Lipinski definition) is 1. The van der Waals surface area contributed by atoms with E-state index in [0.717, 1.165) is 0 Å². The number of Topliss-reactive ketones (excluding diaryl/α,β-unsaturated/α-hetero) is 1. The second kappa shape index (κ2) is 4.76. The average molecular weight is 266 g/mol. The van der Waals surface area contributed by atoms with Crippen molar-refractivity contribution in [2.45, 2.75) is 19.0 Å². The SMILES string of the molecule is N#Cc1ccc2c(C(=O)CCC(F)(F)F)c[nH]c2c1. The van der Waals surface area contributed by atoms with Gasteiger partial charge in [-0.15, -0.1) is 0 Å². The van der Waals surface area contributed by atoms with E-state index in [4.69, 9.17) is 5.26 Å². The monoisotopic (exact) mass is 266 g/mol. The first-order valence-electron chi connectivity index (χ1n) is 5.52. The number of halogens is 3. The summed E-state index contributed by atoms with van der Waals surface area (Å²) in [4.78, 5) is 14.5. The van der Waals surface area contributed by atoms with E-state index in [1.165, 1.54) is 12.3 Å². The quantitative estimate of drug-likeness (QED) is 0.863. The maximum Gasteiger partial charge on any atom is 0.389 e. The number of nitrogens with zero attached hydrogens (tertiary/aromatic N) is 1. The van der Waals surface area contributed by atoms with E-state index in [2.05, 4.69) is 4.98 Å². The van der Waals surface area contributed by atoms with Crippen LogP contribution in [-0.2, 0) is 0 Å². The van der Waals surface area contributed by atoms with Crippen molar-refractivity contribution >= 4 is 16.7 Å². The van der Waals surface area contributed by atoms with Crippen molar-refractivity contribution in [2.24, 2.45) is 0 Å². The first-order chi connectivity index (χ1) is 8.90. The van der Waals surface area contributed by atoms with Crippen LogP contribution in [0.2, 0.25) is 0 Å². The predicted octanol–water partition coefficient (Wildman–Crippen LogP) is 3.56. The van der Waals surface area contributed by atoms with Crippen LogP contribution in [0.4, 0.5) is 13.2 Å². The predicted molar refractivity (Wildman–Crippen MR) is 62.6 cm³/mol. The van der Waals surface area contributed by atoms with Crippen LogP contribution < -0.4 is 0 Å². The minimum absolute atomic E-state index is 0.226. The van der Waals surface area contributed by atoms with Crippen LogP contribution in [0.15, 0.2) is 24.4 Å². The Balaban J connectivity index is 2.26. The summed E-state index contributed by atoms with van der Waals surface area (Å²) >= 11 is 0. The molecule has 0 bridgehead atoms. The number of carbonyl (C=O) groups is 1. The summed E-state index contributed by atoms with van der Waals surface area (Å²) in [5, 5.41) is 9.26.